The van der Waals surface area contributed by atoms with Crippen LogP contribution in [0.1, 0.15) is 33.7 Å². The summed E-state index contributed by atoms with van der Waals surface area (Å²) in [5.74, 6) is -2.58. The number of carbonyl (C=O) groups is 1. The number of hydrogen-bond acceptors (Lipinski definition) is 2. The lowest BCUT2D eigenvalue weighted by molar-refractivity contribution is -0.143. The molecule has 0 radical (unpaired) electrons. The number of benzene rings is 2. The SMILES string of the molecule is O=C(Nc1cc(C(F)(F)F)cc(C(F)(F)F)c1)c1cc(-c2ccc(Br)cc2)oc1C(F)F. The average Bonchev–Trinajstić information content (AvgIpc) is 3.13. The molecule has 3 nitrogen and oxygen atoms in total. The van der Waals surface area contributed by atoms with Gasteiger partial charge >= 0.3 is 12.4 Å². The van der Waals surface area contributed by atoms with Crippen LogP contribution < -0.4 is 5.32 Å². The van der Waals surface area contributed by atoms with Crippen molar-refractivity contribution < 1.29 is 44.3 Å². The molecule has 0 unspecified atom stereocenters. The Bertz CT molecular complexity index is 1100. The molecular weight excluding hydrogens is 518 g/mol. The monoisotopic (exact) mass is 527 g/mol. The van der Waals surface area contributed by atoms with Crippen molar-refractivity contribution in [3.63, 3.8) is 0 Å². The second-order valence-electron chi connectivity index (χ2n) is 6.44. The lowest BCUT2D eigenvalue weighted by Gasteiger charge is -2.14. The molecule has 0 spiro atoms. The van der Waals surface area contributed by atoms with E-state index in [4.69, 9.17) is 4.42 Å². The Morgan fingerprint density at radius 2 is 1.41 bits per heavy atom. The number of rotatable bonds is 4. The second kappa shape index (κ2) is 8.57. The van der Waals surface area contributed by atoms with Crippen molar-refractivity contribution in [3.05, 3.63) is 75.5 Å². The Morgan fingerprint density at radius 3 is 1.88 bits per heavy atom. The minimum absolute atomic E-state index is 0.121. The van der Waals surface area contributed by atoms with Crippen LogP contribution in [0.3, 0.4) is 0 Å². The third kappa shape index (κ3) is 5.29. The molecule has 0 saturated carbocycles. The normalized spacial score (nSPS) is 12.3. The molecule has 0 bridgehead atoms. The van der Waals surface area contributed by atoms with Crippen molar-refractivity contribution in [2.24, 2.45) is 0 Å². The van der Waals surface area contributed by atoms with E-state index >= 15 is 0 Å². The zero-order chi connectivity index (χ0) is 23.8. The van der Waals surface area contributed by atoms with Crippen molar-refractivity contribution in [1.82, 2.24) is 0 Å². The van der Waals surface area contributed by atoms with Gasteiger partial charge in [-0.3, -0.25) is 4.79 Å². The predicted octanol–water partition coefficient (Wildman–Crippen LogP) is 7.94. The molecule has 2 aromatic carbocycles. The highest BCUT2D eigenvalue weighted by Crippen LogP contribution is 2.38. The number of amides is 1. The van der Waals surface area contributed by atoms with Gasteiger partial charge < -0.3 is 9.73 Å². The Morgan fingerprint density at radius 1 is 0.875 bits per heavy atom. The highest BCUT2D eigenvalue weighted by molar-refractivity contribution is 9.10. The molecular formula is C20H10BrF8NO2. The van der Waals surface area contributed by atoms with Crippen molar-refractivity contribution >= 4 is 27.5 Å². The lowest BCUT2D eigenvalue weighted by Crippen LogP contribution is -2.16. The van der Waals surface area contributed by atoms with Gasteiger partial charge in [0, 0.05) is 15.7 Å². The van der Waals surface area contributed by atoms with Crippen LogP contribution in [0, 0.1) is 0 Å². The standard InChI is InChI=1S/C20H10BrF8NO2/c21-12-3-1-9(2-4-12)15-8-14(16(32-15)17(22)23)18(31)30-13-6-10(19(24,25)26)5-11(7-13)20(27,28)29/h1-8,17H,(H,30,31). The number of halogens is 9. The zero-order valence-electron chi connectivity index (χ0n) is 15.4. The van der Waals surface area contributed by atoms with Gasteiger partial charge in [0.05, 0.1) is 16.7 Å². The molecule has 0 aliphatic carbocycles. The molecule has 1 N–H and O–H groups in total. The number of hydrogen-bond donors (Lipinski definition) is 1. The molecule has 1 heterocycles. The molecule has 3 rings (SSSR count). The van der Waals surface area contributed by atoms with Crippen LogP contribution in [-0.2, 0) is 12.4 Å². The van der Waals surface area contributed by atoms with E-state index in [1.165, 1.54) is 12.1 Å². The maximum absolute atomic E-state index is 13.4. The predicted molar refractivity (Wildman–Crippen MR) is 101 cm³/mol. The van der Waals surface area contributed by atoms with Crippen LogP contribution in [-0.4, -0.2) is 5.91 Å². The van der Waals surface area contributed by atoms with E-state index in [0.717, 1.165) is 6.07 Å². The first-order valence-corrected chi connectivity index (χ1v) is 9.33. The zero-order valence-corrected chi connectivity index (χ0v) is 17.0. The van der Waals surface area contributed by atoms with Crippen molar-refractivity contribution in [3.8, 4) is 11.3 Å². The van der Waals surface area contributed by atoms with Crippen molar-refractivity contribution in [2.45, 2.75) is 18.8 Å². The number of alkyl halides is 8. The topological polar surface area (TPSA) is 42.2 Å². The van der Waals surface area contributed by atoms with Crippen molar-refractivity contribution in [1.29, 1.82) is 0 Å². The van der Waals surface area contributed by atoms with Crippen LogP contribution in [0.4, 0.5) is 40.8 Å². The molecule has 32 heavy (non-hydrogen) atoms. The van der Waals surface area contributed by atoms with Crippen LogP contribution in [0.2, 0.25) is 0 Å². The Labute approximate surface area is 183 Å². The van der Waals surface area contributed by atoms with Crippen molar-refractivity contribution in [2.75, 3.05) is 5.32 Å². The lowest BCUT2D eigenvalue weighted by atomic mass is 10.1. The summed E-state index contributed by atoms with van der Waals surface area (Å²) in [6, 6.07) is 7.46. The number of anilines is 1. The second-order valence-corrected chi connectivity index (χ2v) is 7.36. The Hall–Kier alpha value is -2.89. The summed E-state index contributed by atoms with van der Waals surface area (Å²) >= 11 is 3.19. The van der Waals surface area contributed by atoms with Gasteiger partial charge in [-0.05, 0) is 36.4 Å². The molecule has 0 aliphatic rings. The van der Waals surface area contributed by atoms with E-state index in [1.54, 1.807) is 12.1 Å². The number of furan rings is 1. The Balaban J connectivity index is 2.00. The van der Waals surface area contributed by atoms with Gasteiger partial charge in [-0.1, -0.05) is 28.1 Å². The largest absolute Gasteiger partial charge is 0.454 e. The summed E-state index contributed by atoms with van der Waals surface area (Å²) in [7, 11) is 0. The summed E-state index contributed by atoms with van der Waals surface area (Å²) < 4.78 is 110. The first-order valence-electron chi connectivity index (χ1n) is 8.54. The molecule has 0 saturated heterocycles. The fraction of sp³-hybridized carbons (Fsp3) is 0.150. The quantitative estimate of drug-likeness (QED) is 0.350. The molecule has 1 aromatic heterocycles. The first-order chi connectivity index (χ1) is 14.8. The first kappa shape index (κ1) is 23.8. The van der Waals surface area contributed by atoms with Gasteiger partial charge in [0.15, 0.2) is 5.76 Å². The number of nitrogens with one attached hydrogen (secondary N) is 1. The summed E-state index contributed by atoms with van der Waals surface area (Å²) in [6.07, 6.45) is -13.6. The van der Waals surface area contributed by atoms with E-state index in [1.807, 2.05) is 5.32 Å². The van der Waals surface area contributed by atoms with Gasteiger partial charge in [-0.15, -0.1) is 0 Å². The van der Waals surface area contributed by atoms with Gasteiger partial charge in [0.25, 0.3) is 12.3 Å². The summed E-state index contributed by atoms with van der Waals surface area (Å²) in [4.78, 5) is 12.5. The maximum Gasteiger partial charge on any atom is 0.416 e. The van der Waals surface area contributed by atoms with Crippen LogP contribution in [0.25, 0.3) is 11.3 Å². The van der Waals surface area contributed by atoms with Gasteiger partial charge in [0.1, 0.15) is 5.76 Å². The third-order valence-electron chi connectivity index (χ3n) is 4.18. The van der Waals surface area contributed by atoms with Crippen LogP contribution >= 0.6 is 15.9 Å². The smallest absolute Gasteiger partial charge is 0.416 e. The molecule has 1 amide bonds. The van der Waals surface area contributed by atoms with E-state index < -0.39 is 52.8 Å². The summed E-state index contributed by atoms with van der Waals surface area (Å²) in [5, 5.41) is 1.81. The summed E-state index contributed by atoms with van der Waals surface area (Å²) in [5.41, 5.74) is -4.63. The fourth-order valence-electron chi connectivity index (χ4n) is 2.73. The van der Waals surface area contributed by atoms with Gasteiger partial charge in [-0.2, -0.15) is 26.3 Å². The minimum Gasteiger partial charge on any atom is -0.454 e. The summed E-state index contributed by atoms with van der Waals surface area (Å²) in [6.45, 7) is 0. The molecule has 0 atom stereocenters. The highest BCUT2D eigenvalue weighted by Gasteiger charge is 2.37. The Kier molecular flexibility index (Phi) is 6.36. The molecule has 12 heteroatoms. The highest BCUT2D eigenvalue weighted by atomic mass is 79.9. The van der Waals surface area contributed by atoms with E-state index in [9.17, 15) is 39.9 Å². The molecule has 0 aliphatic heterocycles. The van der Waals surface area contributed by atoms with Crippen LogP contribution in [0.5, 0.6) is 0 Å². The van der Waals surface area contributed by atoms with Gasteiger partial charge in [0.2, 0.25) is 0 Å². The van der Waals surface area contributed by atoms with Gasteiger partial charge in [-0.25, -0.2) is 8.78 Å². The fourth-order valence-corrected chi connectivity index (χ4v) is 2.99. The maximum atomic E-state index is 13.4. The third-order valence-corrected chi connectivity index (χ3v) is 4.71. The average molecular weight is 528 g/mol. The van der Waals surface area contributed by atoms with E-state index in [2.05, 4.69) is 15.9 Å². The van der Waals surface area contributed by atoms with Crippen LogP contribution in [0.15, 0.2) is 57.4 Å². The van der Waals surface area contributed by atoms with E-state index in [0.29, 0.717) is 10.0 Å². The molecule has 0 fully saturated rings. The molecule has 3 aromatic rings. The number of carbonyl (C=O) groups excluding carboxylic acids is 1. The minimum atomic E-state index is -5.14. The molecule has 170 valence electrons. The van der Waals surface area contributed by atoms with E-state index in [-0.39, 0.29) is 24.0 Å².